The third-order valence-electron chi connectivity index (χ3n) is 5.32. The number of amides is 1. The van der Waals surface area contributed by atoms with Crippen LogP contribution in [-0.2, 0) is 17.8 Å². The van der Waals surface area contributed by atoms with Gasteiger partial charge in [0.2, 0.25) is 0 Å². The summed E-state index contributed by atoms with van der Waals surface area (Å²) in [7, 11) is 1.63. The molecule has 0 aliphatic rings. The molecule has 3 aromatic rings. The van der Waals surface area contributed by atoms with Crippen LogP contribution in [0.5, 0.6) is 11.5 Å². The lowest BCUT2D eigenvalue weighted by Crippen LogP contribution is -2.30. The summed E-state index contributed by atoms with van der Waals surface area (Å²) in [6.07, 6.45) is 0.729. The van der Waals surface area contributed by atoms with Crippen molar-refractivity contribution in [1.29, 1.82) is 0 Å². The molecule has 31 heavy (non-hydrogen) atoms. The van der Waals surface area contributed by atoms with Crippen molar-refractivity contribution in [3.05, 3.63) is 70.0 Å². The van der Waals surface area contributed by atoms with Gasteiger partial charge in [-0.15, -0.1) is 0 Å². The molecule has 1 heterocycles. The topological polar surface area (TPSA) is 69.6 Å². The van der Waals surface area contributed by atoms with Crippen LogP contribution in [0.15, 0.2) is 53.3 Å². The van der Waals surface area contributed by atoms with E-state index >= 15 is 0 Å². The van der Waals surface area contributed by atoms with Crippen LogP contribution in [0.3, 0.4) is 0 Å². The second kappa shape index (κ2) is 10.2. The summed E-state index contributed by atoms with van der Waals surface area (Å²) < 4.78 is 12.6. The number of ether oxygens (including phenoxy) is 2. The monoisotopic (exact) mass is 422 g/mol. The number of fused-ring (bicyclic) bond motifs is 1. The Balaban J connectivity index is 1.62. The maximum absolute atomic E-state index is 12.5. The number of nitrogens with one attached hydrogen (secondary N) is 1. The van der Waals surface area contributed by atoms with Gasteiger partial charge in [-0.25, -0.2) is 0 Å². The summed E-state index contributed by atoms with van der Waals surface area (Å²) in [5, 5.41) is 3.91. The summed E-state index contributed by atoms with van der Waals surface area (Å²) >= 11 is 0. The van der Waals surface area contributed by atoms with Gasteiger partial charge >= 0.3 is 0 Å². The molecule has 0 radical (unpaired) electrons. The van der Waals surface area contributed by atoms with Gasteiger partial charge in [-0.3, -0.25) is 9.59 Å². The van der Waals surface area contributed by atoms with Crippen LogP contribution in [0.25, 0.3) is 10.9 Å². The Labute approximate surface area is 182 Å². The first kappa shape index (κ1) is 22.4. The normalized spacial score (nSPS) is 11.0. The number of rotatable bonds is 9. The van der Waals surface area contributed by atoms with Gasteiger partial charge in [0, 0.05) is 30.6 Å². The highest BCUT2D eigenvalue weighted by Gasteiger charge is 2.12. The molecule has 0 unspecified atom stereocenters. The van der Waals surface area contributed by atoms with Crippen LogP contribution in [0, 0.1) is 0 Å². The number of carbonyl (C=O) groups is 1. The zero-order valence-electron chi connectivity index (χ0n) is 18.6. The van der Waals surface area contributed by atoms with Gasteiger partial charge in [0.15, 0.2) is 6.61 Å². The summed E-state index contributed by atoms with van der Waals surface area (Å²) in [4.78, 5) is 24.7. The molecule has 0 aliphatic carbocycles. The maximum Gasteiger partial charge on any atom is 0.257 e. The SMILES string of the molecule is CCn1c(=O)cc(C(C)C)c2ccc(OCC(=O)NCCc3ccc(OC)cc3)cc21. The molecular formula is C25H30N2O4. The molecule has 6 heteroatoms. The van der Waals surface area contributed by atoms with E-state index in [9.17, 15) is 9.59 Å². The Hall–Kier alpha value is -3.28. The number of hydrogen-bond acceptors (Lipinski definition) is 4. The molecular weight excluding hydrogens is 392 g/mol. The Morgan fingerprint density at radius 1 is 1.06 bits per heavy atom. The third-order valence-corrected chi connectivity index (χ3v) is 5.32. The van der Waals surface area contributed by atoms with Gasteiger partial charge in [-0.2, -0.15) is 0 Å². The van der Waals surface area contributed by atoms with E-state index in [-0.39, 0.29) is 24.0 Å². The van der Waals surface area contributed by atoms with E-state index in [1.807, 2.05) is 49.4 Å². The van der Waals surface area contributed by atoms with E-state index in [1.165, 1.54) is 0 Å². The number of benzene rings is 2. The second-order valence-corrected chi connectivity index (χ2v) is 7.75. The predicted octanol–water partition coefficient (Wildman–Crippen LogP) is 3.89. The number of aryl methyl sites for hydroxylation is 1. The molecule has 1 N–H and O–H groups in total. The van der Waals surface area contributed by atoms with Gasteiger partial charge in [0.25, 0.3) is 11.5 Å². The van der Waals surface area contributed by atoms with Crippen molar-refractivity contribution in [2.24, 2.45) is 0 Å². The van der Waals surface area contributed by atoms with Gasteiger partial charge in [0.1, 0.15) is 11.5 Å². The zero-order valence-corrected chi connectivity index (χ0v) is 18.6. The molecule has 0 bridgehead atoms. The van der Waals surface area contributed by atoms with Crippen LogP contribution in [0.4, 0.5) is 0 Å². The summed E-state index contributed by atoms with van der Waals surface area (Å²) in [6.45, 7) is 7.12. The van der Waals surface area contributed by atoms with E-state index in [2.05, 4.69) is 19.2 Å². The number of pyridine rings is 1. The predicted molar refractivity (Wildman–Crippen MR) is 123 cm³/mol. The maximum atomic E-state index is 12.5. The number of aromatic nitrogens is 1. The Bertz CT molecular complexity index is 1100. The zero-order chi connectivity index (χ0) is 22.4. The fraction of sp³-hybridized carbons (Fsp3) is 0.360. The number of hydrogen-bond donors (Lipinski definition) is 1. The highest BCUT2D eigenvalue weighted by molar-refractivity contribution is 5.84. The first-order chi connectivity index (χ1) is 14.9. The van der Waals surface area contributed by atoms with Crippen LogP contribution >= 0.6 is 0 Å². The molecule has 1 amide bonds. The Morgan fingerprint density at radius 3 is 2.42 bits per heavy atom. The Kier molecular flexibility index (Phi) is 7.34. The van der Waals surface area contributed by atoms with E-state index in [0.29, 0.717) is 18.8 Å². The lowest BCUT2D eigenvalue weighted by Gasteiger charge is -2.15. The minimum atomic E-state index is -0.183. The van der Waals surface area contributed by atoms with Crippen molar-refractivity contribution < 1.29 is 14.3 Å². The average molecular weight is 423 g/mol. The molecule has 1 aromatic heterocycles. The molecule has 0 fully saturated rings. The van der Waals surface area contributed by atoms with Gasteiger partial charge < -0.3 is 19.4 Å². The number of nitrogens with zero attached hydrogens (tertiary/aromatic N) is 1. The highest BCUT2D eigenvalue weighted by atomic mass is 16.5. The van der Waals surface area contributed by atoms with E-state index in [4.69, 9.17) is 9.47 Å². The lowest BCUT2D eigenvalue weighted by atomic mass is 9.98. The molecule has 6 nitrogen and oxygen atoms in total. The van der Waals surface area contributed by atoms with Gasteiger partial charge in [0.05, 0.1) is 12.6 Å². The quantitative estimate of drug-likeness (QED) is 0.568. The minimum absolute atomic E-state index is 0.0212. The highest BCUT2D eigenvalue weighted by Crippen LogP contribution is 2.27. The minimum Gasteiger partial charge on any atom is -0.497 e. The Morgan fingerprint density at radius 2 is 1.77 bits per heavy atom. The first-order valence-corrected chi connectivity index (χ1v) is 10.6. The smallest absolute Gasteiger partial charge is 0.257 e. The van der Waals surface area contributed by atoms with Crippen molar-refractivity contribution in [2.45, 2.75) is 39.7 Å². The van der Waals surface area contributed by atoms with E-state index in [0.717, 1.165) is 34.2 Å². The second-order valence-electron chi connectivity index (χ2n) is 7.75. The van der Waals surface area contributed by atoms with Crippen LogP contribution in [0.2, 0.25) is 0 Å². The van der Waals surface area contributed by atoms with Gasteiger partial charge in [-0.05, 0) is 54.7 Å². The van der Waals surface area contributed by atoms with Gasteiger partial charge in [-0.1, -0.05) is 26.0 Å². The summed E-state index contributed by atoms with van der Waals surface area (Å²) in [6, 6.07) is 15.1. The van der Waals surface area contributed by atoms with Crippen LogP contribution in [0.1, 0.15) is 37.8 Å². The van der Waals surface area contributed by atoms with Crippen LogP contribution in [-0.4, -0.2) is 30.7 Å². The summed E-state index contributed by atoms with van der Waals surface area (Å²) in [5.41, 5.74) is 2.95. The van der Waals surface area contributed by atoms with E-state index in [1.54, 1.807) is 17.7 Å². The summed E-state index contributed by atoms with van der Waals surface area (Å²) in [5.74, 6) is 1.44. The molecule has 0 aliphatic heterocycles. The standard InChI is InChI=1S/C25H30N2O4/c1-5-27-23-14-20(10-11-21(23)22(17(2)3)15-25(27)29)31-16-24(28)26-13-12-18-6-8-19(30-4)9-7-18/h6-11,14-15,17H,5,12-13,16H2,1-4H3,(H,26,28). The van der Waals surface area contributed by atoms with Crippen LogP contribution < -0.4 is 20.3 Å². The fourth-order valence-electron chi connectivity index (χ4n) is 3.62. The molecule has 0 spiro atoms. The number of methoxy groups -OCH3 is 1. The fourth-order valence-corrected chi connectivity index (χ4v) is 3.62. The van der Waals surface area contributed by atoms with Crippen molar-refractivity contribution in [3.8, 4) is 11.5 Å². The number of carbonyl (C=O) groups excluding carboxylic acids is 1. The first-order valence-electron chi connectivity index (χ1n) is 10.6. The van der Waals surface area contributed by atoms with Crippen molar-refractivity contribution >= 4 is 16.8 Å². The van der Waals surface area contributed by atoms with Crippen molar-refractivity contribution in [3.63, 3.8) is 0 Å². The molecule has 0 atom stereocenters. The average Bonchev–Trinajstić information content (AvgIpc) is 2.77. The molecule has 0 saturated heterocycles. The largest absolute Gasteiger partial charge is 0.497 e. The molecule has 164 valence electrons. The lowest BCUT2D eigenvalue weighted by molar-refractivity contribution is -0.123. The molecule has 0 saturated carbocycles. The van der Waals surface area contributed by atoms with Crippen molar-refractivity contribution in [2.75, 3.05) is 20.3 Å². The molecule has 3 rings (SSSR count). The van der Waals surface area contributed by atoms with Crippen molar-refractivity contribution in [1.82, 2.24) is 9.88 Å². The third kappa shape index (κ3) is 5.45. The van der Waals surface area contributed by atoms with E-state index < -0.39 is 0 Å². The molecule has 2 aromatic carbocycles.